The summed E-state index contributed by atoms with van der Waals surface area (Å²) < 4.78 is 31.6. The molecule has 148 valence electrons. The van der Waals surface area contributed by atoms with Gasteiger partial charge >= 0.3 is 5.97 Å². The lowest BCUT2D eigenvalue weighted by molar-refractivity contribution is -0.138. The lowest BCUT2D eigenvalue weighted by Gasteiger charge is -2.32. The van der Waals surface area contributed by atoms with Gasteiger partial charge in [0.1, 0.15) is 17.2 Å². The molecule has 0 aliphatic heterocycles. The zero-order chi connectivity index (χ0) is 20.5. The zero-order valence-electron chi connectivity index (χ0n) is 14.9. The van der Waals surface area contributed by atoms with Gasteiger partial charge in [0.25, 0.3) is 0 Å². The van der Waals surface area contributed by atoms with Gasteiger partial charge in [-0.25, -0.2) is 4.79 Å². The molecule has 0 radical (unpaired) electrons. The standard InChI is InChI=1S/C21H16BrNO5S/c22-14-7-5-13(6-8-14)11-18(21(24)25)23(29(26)27)15-9-10-20-17(12-15)16-3-1-2-4-19(16)28-20/h1-10,12,18H,11H2,(H,24,25)(H,26,27)/p-1. The first kappa shape index (κ1) is 19.6. The summed E-state index contributed by atoms with van der Waals surface area (Å²) in [6.07, 6.45) is 0.0285. The molecule has 0 fully saturated rings. The Morgan fingerprint density at radius 2 is 1.76 bits per heavy atom. The maximum absolute atomic E-state index is 12.1. The van der Waals surface area contributed by atoms with Crippen molar-refractivity contribution in [1.82, 2.24) is 0 Å². The van der Waals surface area contributed by atoms with Gasteiger partial charge in [0, 0.05) is 32.9 Å². The van der Waals surface area contributed by atoms with Crippen LogP contribution in [0.2, 0.25) is 0 Å². The Balaban J connectivity index is 1.78. The van der Waals surface area contributed by atoms with Crippen molar-refractivity contribution in [2.24, 2.45) is 0 Å². The maximum atomic E-state index is 12.1. The number of carbonyl (C=O) groups is 1. The molecule has 0 aliphatic rings. The molecule has 2 unspecified atom stereocenters. The number of aliphatic carboxylic acids is 1. The molecule has 0 bridgehead atoms. The number of carboxylic acids is 1. The van der Waals surface area contributed by atoms with E-state index in [1.165, 1.54) is 0 Å². The molecule has 1 N–H and O–H groups in total. The van der Waals surface area contributed by atoms with E-state index in [-0.39, 0.29) is 12.1 Å². The summed E-state index contributed by atoms with van der Waals surface area (Å²) in [4.78, 5) is 12.0. The van der Waals surface area contributed by atoms with Crippen LogP contribution in [0.15, 0.2) is 75.6 Å². The van der Waals surface area contributed by atoms with E-state index < -0.39 is 23.3 Å². The van der Waals surface area contributed by atoms with Gasteiger partial charge in [-0.2, -0.15) is 0 Å². The number of furan rings is 1. The lowest BCUT2D eigenvalue weighted by atomic mass is 10.1. The summed E-state index contributed by atoms with van der Waals surface area (Å²) in [7, 11) is 0. The largest absolute Gasteiger partial charge is 0.755 e. The normalized spacial score (nSPS) is 13.4. The molecular weight excluding hydrogens is 458 g/mol. The van der Waals surface area contributed by atoms with Gasteiger partial charge in [-0.3, -0.25) is 8.51 Å². The summed E-state index contributed by atoms with van der Waals surface area (Å²) >= 11 is 0.549. The van der Waals surface area contributed by atoms with Crippen LogP contribution in [-0.2, 0) is 22.5 Å². The van der Waals surface area contributed by atoms with Crippen molar-refractivity contribution in [2.75, 3.05) is 4.31 Å². The number of carboxylic acid groups (broad SMARTS) is 1. The molecule has 4 rings (SSSR count). The molecule has 0 aliphatic carbocycles. The maximum Gasteiger partial charge on any atom is 0.327 e. The van der Waals surface area contributed by atoms with Crippen LogP contribution >= 0.6 is 15.9 Å². The number of anilines is 1. The fourth-order valence-electron chi connectivity index (χ4n) is 3.34. The summed E-state index contributed by atoms with van der Waals surface area (Å²) in [6, 6.07) is 18.1. The molecule has 2 atom stereocenters. The number of nitrogens with zero attached hydrogens (tertiary/aromatic N) is 1. The average molecular weight is 473 g/mol. The van der Waals surface area contributed by atoms with E-state index >= 15 is 0 Å². The molecule has 4 aromatic rings. The summed E-state index contributed by atoms with van der Waals surface area (Å²) in [6.45, 7) is 0. The Morgan fingerprint density at radius 3 is 2.45 bits per heavy atom. The van der Waals surface area contributed by atoms with Gasteiger partial charge in [0.2, 0.25) is 0 Å². The van der Waals surface area contributed by atoms with E-state index in [0.29, 0.717) is 16.7 Å². The first-order valence-electron chi connectivity index (χ1n) is 8.71. The molecular formula is C21H15BrNO5S-. The molecule has 8 heteroatoms. The predicted molar refractivity (Wildman–Crippen MR) is 114 cm³/mol. The smallest absolute Gasteiger partial charge is 0.327 e. The highest BCUT2D eigenvalue weighted by atomic mass is 79.9. The minimum atomic E-state index is -2.78. The molecule has 0 amide bonds. The lowest BCUT2D eigenvalue weighted by Crippen LogP contribution is -2.44. The second-order valence-electron chi connectivity index (χ2n) is 6.51. The van der Waals surface area contributed by atoms with Gasteiger partial charge in [-0.05, 0) is 42.0 Å². The molecule has 1 aromatic heterocycles. The van der Waals surface area contributed by atoms with E-state index in [1.54, 1.807) is 42.5 Å². The molecule has 0 saturated heterocycles. The highest BCUT2D eigenvalue weighted by molar-refractivity contribution is 9.10. The van der Waals surface area contributed by atoms with Gasteiger partial charge in [0.15, 0.2) is 0 Å². The van der Waals surface area contributed by atoms with Crippen LogP contribution in [0, 0.1) is 0 Å². The van der Waals surface area contributed by atoms with E-state index in [9.17, 15) is 18.7 Å². The van der Waals surface area contributed by atoms with E-state index in [1.807, 2.05) is 24.3 Å². The predicted octanol–water partition coefficient (Wildman–Crippen LogP) is 4.64. The second-order valence-corrected chi connectivity index (χ2v) is 8.25. The molecule has 0 saturated carbocycles. The Labute approximate surface area is 177 Å². The van der Waals surface area contributed by atoms with Crippen LogP contribution in [0.3, 0.4) is 0 Å². The highest BCUT2D eigenvalue weighted by Crippen LogP contribution is 2.33. The Hall–Kier alpha value is -2.68. The third-order valence-corrected chi connectivity index (χ3v) is 6.00. The van der Waals surface area contributed by atoms with Crippen molar-refractivity contribution in [2.45, 2.75) is 12.5 Å². The van der Waals surface area contributed by atoms with Crippen LogP contribution in [-0.4, -0.2) is 25.9 Å². The fraction of sp³-hybridized carbons (Fsp3) is 0.0952. The fourth-order valence-corrected chi connectivity index (χ4v) is 4.26. The third-order valence-electron chi connectivity index (χ3n) is 4.69. The summed E-state index contributed by atoms with van der Waals surface area (Å²) in [5, 5.41) is 11.3. The van der Waals surface area contributed by atoms with Crippen molar-refractivity contribution in [3.63, 3.8) is 0 Å². The first-order valence-corrected chi connectivity index (χ1v) is 10.5. The van der Waals surface area contributed by atoms with Crippen LogP contribution in [0.1, 0.15) is 5.56 Å². The average Bonchev–Trinajstić information content (AvgIpc) is 3.07. The SMILES string of the molecule is O=C(O)C(Cc1ccc(Br)cc1)N(c1ccc2oc3ccccc3c2c1)S(=O)[O-]. The first-order chi connectivity index (χ1) is 13.9. The van der Waals surface area contributed by atoms with Gasteiger partial charge in [-0.1, -0.05) is 46.3 Å². The van der Waals surface area contributed by atoms with E-state index in [0.717, 1.165) is 19.6 Å². The Kier molecular flexibility index (Phi) is 5.40. The van der Waals surface area contributed by atoms with Gasteiger partial charge in [-0.15, -0.1) is 0 Å². The number of fused-ring (bicyclic) bond motifs is 3. The van der Waals surface area contributed by atoms with E-state index in [2.05, 4.69) is 15.9 Å². The van der Waals surface area contributed by atoms with Crippen molar-refractivity contribution in [3.05, 3.63) is 76.8 Å². The van der Waals surface area contributed by atoms with Crippen molar-refractivity contribution in [3.8, 4) is 0 Å². The number of rotatable bonds is 6. The zero-order valence-corrected chi connectivity index (χ0v) is 17.4. The summed E-state index contributed by atoms with van der Waals surface area (Å²) in [5.74, 6) is -1.23. The van der Waals surface area contributed by atoms with Gasteiger partial charge in [0.05, 0.1) is 5.69 Å². The highest BCUT2D eigenvalue weighted by Gasteiger charge is 2.28. The Bertz CT molecular complexity index is 1220. The van der Waals surface area contributed by atoms with Crippen molar-refractivity contribution >= 4 is 60.8 Å². The van der Waals surface area contributed by atoms with Gasteiger partial charge < -0.3 is 14.1 Å². The second kappa shape index (κ2) is 7.98. The molecule has 29 heavy (non-hydrogen) atoms. The molecule has 1 heterocycles. The quantitative estimate of drug-likeness (QED) is 0.412. The van der Waals surface area contributed by atoms with E-state index in [4.69, 9.17) is 4.42 Å². The number of halogens is 1. The third kappa shape index (κ3) is 3.91. The van der Waals surface area contributed by atoms with Crippen LogP contribution in [0.5, 0.6) is 0 Å². The number of hydrogen-bond acceptors (Lipinski definition) is 4. The minimum Gasteiger partial charge on any atom is -0.755 e. The molecule has 3 aromatic carbocycles. The topological polar surface area (TPSA) is 93.8 Å². The monoisotopic (exact) mass is 472 g/mol. The summed E-state index contributed by atoms with van der Waals surface area (Å²) in [5.41, 5.74) is 2.26. The van der Waals surface area contributed by atoms with Crippen molar-refractivity contribution in [1.29, 1.82) is 0 Å². The molecule has 0 spiro atoms. The van der Waals surface area contributed by atoms with Crippen LogP contribution in [0.25, 0.3) is 21.9 Å². The Morgan fingerprint density at radius 1 is 1.07 bits per heavy atom. The van der Waals surface area contributed by atoms with Crippen LogP contribution < -0.4 is 4.31 Å². The van der Waals surface area contributed by atoms with Crippen LogP contribution in [0.4, 0.5) is 5.69 Å². The number of hydrogen-bond donors (Lipinski definition) is 1. The number of para-hydroxylation sites is 1. The van der Waals surface area contributed by atoms with Crippen molar-refractivity contribution < 1.29 is 23.1 Å². The minimum absolute atomic E-state index is 0.0285. The number of benzene rings is 3. The molecule has 6 nitrogen and oxygen atoms in total.